The summed E-state index contributed by atoms with van der Waals surface area (Å²) >= 11 is 0. The van der Waals surface area contributed by atoms with Crippen LogP contribution >= 0.6 is 0 Å². The van der Waals surface area contributed by atoms with Gasteiger partial charge in [0, 0.05) is 24.2 Å². The third-order valence-corrected chi connectivity index (χ3v) is 2.87. The Morgan fingerprint density at radius 2 is 2.00 bits per heavy atom. The highest BCUT2D eigenvalue weighted by atomic mass is 19.1. The van der Waals surface area contributed by atoms with Crippen molar-refractivity contribution in [3.05, 3.63) is 48.5 Å². The summed E-state index contributed by atoms with van der Waals surface area (Å²) in [5.74, 6) is -0.0624. The molecule has 0 aliphatic heterocycles. The minimum atomic E-state index is -0.449. The molecule has 0 aliphatic rings. The molecule has 3 aromatic rings. The molecule has 5 heteroatoms. The number of benzene rings is 1. The van der Waals surface area contributed by atoms with E-state index in [0.717, 1.165) is 10.9 Å². The number of fused-ring (bicyclic) bond motifs is 1. The molecule has 0 atom stereocenters. The van der Waals surface area contributed by atoms with Gasteiger partial charge in [0.1, 0.15) is 5.69 Å². The van der Waals surface area contributed by atoms with Crippen LogP contribution in [0.25, 0.3) is 22.2 Å². The Morgan fingerprint density at radius 3 is 2.84 bits per heavy atom. The van der Waals surface area contributed by atoms with Crippen molar-refractivity contribution >= 4 is 16.9 Å². The van der Waals surface area contributed by atoms with Gasteiger partial charge in [-0.1, -0.05) is 18.2 Å². The van der Waals surface area contributed by atoms with Gasteiger partial charge in [0.15, 0.2) is 5.82 Å². The molecule has 0 aliphatic carbocycles. The van der Waals surface area contributed by atoms with Crippen LogP contribution in [0.2, 0.25) is 0 Å². The van der Waals surface area contributed by atoms with Crippen molar-refractivity contribution in [1.29, 1.82) is 0 Å². The van der Waals surface area contributed by atoms with E-state index in [1.807, 2.05) is 30.3 Å². The molecule has 1 N–H and O–H groups in total. The largest absolute Gasteiger partial charge is 0.357 e. The quantitative estimate of drug-likeness (QED) is 0.764. The smallest absolute Gasteiger partial charge is 0.223 e. The number of hydrogen-bond acceptors (Lipinski definition) is 4. The molecule has 4 nitrogen and oxygen atoms in total. The van der Waals surface area contributed by atoms with Crippen molar-refractivity contribution in [1.82, 2.24) is 15.0 Å². The number of halogens is 1. The van der Waals surface area contributed by atoms with Crippen LogP contribution in [0, 0.1) is 5.82 Å². The van der Waals surface area contributed by atoms with E-state index < -0.39 is 5.82 Å². The van der Waals surface area contributed by atoms with Gasteiger partial charge in [0.25, 0.3) is 0 Å². The highest BCUT2D eigenvalue weighted by Gasteiger charge is 2.12. The lowest BCUT2D eigenvalue weighted by Crippen LogP contribution is -2.00. The van der Waals surface area contributed by atoms with Gasteiger partial charge in [-0.25, -0.2) is 14.4 Å². The van der Waals surface area contributed by atoms with Gasteiger partial charge >= 0.3 is 0 Å². The maximum Gasteiger partial charge on any atom is 0.223 e. The number of nitrogens with one attached hydrogen (secondary N) is 1. The Morgan fingerprint density at radius 1 is 1.11 bits per heavy atom. The van der Waals surface area contributed by atoms with Crippen molar-refractivity contribution in [2.75, 3.05) is 12.4 Å². The normalized spacial score (nSPS) is 10.6. The fourth-order valence-corrected chi connectivity index (χ4v) is 1.99. The number of anilines is 1. The molecular formula is C14H11FN4. The number of nitrogens with zero attached hydrogens (tertiary/aromatic N) is 3. The first-order valence-electron chi connectivity index (χ1n) is 5.84. The van der Waals surface area contributed by atoms with E-state index in [2.05, 4.69) is 20.3 Å². The van der Waals surface area contributed by atoms with E-state index in [1.165, 1.54) is 6.20 Å². The molecule has 0 saturated carbocycles. The number of hydrogen-bond donors (Lipinski definition) is 1. The molecule has 19 heavy (non-hydrogen) atoms. The number of rotatable bonds is 2. The average Bonchev–Trinajstić information content (AvgIpc) is 2.47. The molecule has 0 fully saturated rings. The maximum atomic E-state index is 13.9. The van der Waals surface area contributed by atoms with Crippen LogP contribution in [-0.4, -0.2) is 22.0 Å². The van der Waals surface area contributed by atoms with Crippen molar-refractivity contribution in [3.63, 3.8) is 0 Å². The van der Waals surface area contributed by atoms with Gasteiger partial charge in [-0.3, -0.25) is 4.98 Å². The molecule has 0 spiro atoms. The van der Waals surface area contributed by atoms with Crippen molar-refractivity contribution in [3.8, 4) is 11.3 Å². The first-order chi connectivity index (χ1) is 9.29. The molecule has 94 valence electrons. The lowest BCUT2D eigenvalue weighted by molar-refractivity contribution is 0.619. The van der Waals surface area contributed by atoms with Crippen LogP contribution in [0.1, 0.15) is 0 Å². The summed E-state index contributed by atoms with van der Waals surface area (Å²) in [6.45, 7) is 0. The summed E-state index contributed by atoms with van der Waals surface area (Å²) in [6.07, 6.45) is 2.88. The Kier molecular flexibility index (Phi) is 2.79. The predicted molar refractivity (Wildman–Crippen MR) is 72.3 cm³/mol. The average molecular weight is 254 g/mol. The first-order valence-corrected chi connectivity index (χ1v) is 5.84. The third-order valence-electron chi connectivity index (χ3n) is 2.87. The monoisotopic (exact) mass is 254 g/mol. The van der Waals surface area contributed by atoms with Crippen LogP contribution in [0.3, 0.4) is 0 Å². The topological polar surface area (TPSA) is 50.7 Å². The van der Waals surface area contributed by atoms with Gasteiger partial charge in [-0.2, -0.15) is 0 Å². The SMILES string of the molecule is CNc1ncc(F)c(-c2cccc3ncccc23)n1. The summed E-state index contributed by atoms with van der Waals surface area (Å²) in [6, 6.07) is 9.28. The Labute approximate surface area is 109 Å². The second-order valence-corrected chi connectivity index (χ2v) is 4.02. The third kappa shape index (κ3) is 1.99. The lowest BCUT2D eigenvalue weighted by Gasteiger charge is -2.07. The van der Waals surface area contributed by atoms with Crippen molar-refractivity contribution in [2.24, 2.45) is 0 Å². The molecule has 2 heterocycles. The van der Waals surface area contributed by atoms with E-state index in [9.17, 15) is 4.39 Å². The zero-order chi connectivity index (χ0) is 13.2. The maximum absolute atomic E-state index is 13.9. The van der Waals surface area contributed by atoms with E-state index in [0.29, 0.717) is 11.5 Å². The zero-order valence-corrected chi connectivity index (χ0v) is 10.3. The molecule has 0 bridgehead atoms. The van der Waals surface area contributed by atoms with Crippen LogP contribution < -0.4 is 5.32 Å². The minimum absolute atomic E-state index is 0.276. The van der Waals surface area contributed by atoms with Gasteiger partial charge in [0.05, 0.1) is 11.7 Å². The molecule has 0 amide bonds. The zero-order valence-electron chi connectivity index (χ0n) is 10.3. The molecule has 2 aromatic heterocycles. The van der Waals surface area contributed by atoms with Crippen molar-refractivity contribution in [2.45, 2.75) is 0 Å². The standard InChI is InChI=1S/C14H11FN4/c1-16-14-18-8-11(15)13(19-14)10-4-2-6-12-9(10)5-3-7-17-12/h2-8H,1H3,(H,16,18,19). The summed E-state index contributed by atoms with van der Waals surface area (Å²) in [5, 5.41) is 3.67. The number of aromatic nitrogens is 3. The van der Waals surface area contributed by atoms with E-state index >= 15 is 0 Å². The van der Waals surface area contributed by atoms with Crippen molar-refractivity contribution < 1.29 is 4.39 Å². The molecular weight excluding hydrogens is 243 g/mol. The van der Waals surface area contributed by atoms with Crippen LogP contribution in [0.4, 0.5) is 10.3 Å². The second-order valence-electron chi connectivity index (χ2n) is 4.02. The molecule has 0 unspecified atom stereocenters. The van der Waals surface area contributed by atoms with Crippen LogP contribution in [0.15, 0.2) is 42.7 Å². The van der Waals surface area contributed by atoms with E-state index in [4.69, 9.17) is 0 Å². The molecule has 1 aromatic carbocycles. The lowest BCUT2D eigenvalue weighted by atomic mass is 10.1. The van der Waals surface area contributed by atoms with E-state index in [-0.39, 0.29) is 5.69 Å². The minimum Gasteiger partial charge on any atom is -0.357 e. The predicted octanol–water partition coefficient (Wildman–Crippen LogP) is 2.87. The molecule has 3 rings (SSSR count). The fraction of sp³-hybridized carbons (Fsp3) is 0.0714. The van der Waals surface area contributed by atoms with Gasteiger partial charge in [-0.05, 0) is 12.1 Å². The number of pyridine rings is 1. The summed E-state index contributed by atoms with van der Waals surface area (Å²) in [5.41, 5.74) is 1.80. The summed E-state index contributed by atoms with van der Waals surface area (Å²) in [7, 11) is 1.70. The summed E-state index contributed by atoms with van der Waals surface area (Å²) < 4.78 is 13.9. The van der Waals surface area contributed by atoms with Gasteiger partial charge < -0.3 is 5.32 Å². The Bertz CT molecular complexity index is 737. The Balaban J connectivity index is 2.30. The highest BCUT2D eigenvalue weighted by molar-refractivity contribution is 5.93. The first kappa shape index (κ1) is 11.5. The second kappa shape index (κ2) is 4.61. The van der Waals surface area contributed by atoms with E-state index in [1.54, 1.807) is 13.2 Å². The summed E-state index contributed by atoms with van der Waals surface area (Å²) in [4.78, 5) is 12.3. The van der Waals surface area contributed by atoms with Crippen LogP contribution in [-0.2, 0) is 0 Å². The fourth-order valence-electron chi connectivity index (χ4n) is 1.99. The Hall–Kier alpha value is -2.56. The molecule has 0 radical (unpaired) electrons. The van der Waals surface area contributed by atoms with Crippen LogP contribution in [0.5, 0.6) is 0 Å². The van der Waals surface area contributed by atoms with Gasteiger partial charge in [0.2, 0.25) is 5.95 Å². The van der Waals surface area contributed by atoms with Gasteiger partial charge in [-0.15, -0.1) is 0 Å². The highest BCUT2D eigenvalue weighted by Crippen LogP contribution is 2.28. The molecule has 0 saturated heterocycles.